The van der Waals surface area contributed by atoms with E-state index in [1.807, 2.05) is 41.1 Å². The molecule has 6 heteroatoms. The van der Waals surface area contributed by atoms with Crippen LogP contribution in [0.2, 0.25) is 0 Å². The normalized spacial score (nSPS) is 14.3. The molecule has 132 valence electrons. The van der Waals surface area contributed by atoms with Gasteiger partial charge in [-0.2, -0.15) is 5.26 Å². The van der Waals surface area contributed by atoms with Crippen molar-refractivity contribution in [3.63, 3.8) is 0 Å². The number of para-hydroxylation sites is 1. The molecule has 3 N–H and O–H groups in total. The van der Waals surface area contributed by atoms with E-state index < -0.39 is 0 Å². The Balaban J connectivity index is 1.77. The SMILES string of the molecule is N#Cc1ccc(-c2cccc3c(N)c4c(O)n(C5CCC5)cc4nc23)cn1. The van der Waals surface area contributed by atoms with Crippen molar-refractivity contribution >= 4 is 27.5 Å². The van der Waals surface area contributed by atoms with Crippen LogP contribution in [0, 0.1) is 11.3 Å². The van der Waals surface area contributed by atoms with E-state index >= 15 is 0 Å². The molecule has 1 aliphatic carbocycles. The second kappa shape index (κ2) is 5.71. The molecular formula is C21H17N5O. The molecule has 3 heterocycles. The average molecular weight is 355 g/mol. The lowest BCUT2D eigenvalue weighted by Gasteiger charge is -2.27. The largest absolute Gasteiger partial charge is 0.494 e. The van der Waals surface area contributed by atoms with Crippen LogP contribution in [0.5, 0.6) is 5.88 Å². The third kappa shape index (κ3) is 2.25. The van der Waals surface area contributed by atoms with E-state index in [2.05, 4.69) is 4.98 Å². The van der Waals surface area contributed by atoms with Crippen molar-refractivity contribution in [1.29, 1.82) is 5.26 Å². The monoisotopic (exact) mass is 355 g/mol. The number of nitrogens with zero attached hydrogens (tertiary/aromatic N) is 4. The second-order valence-electron chi connectivity index (χ2n) is 6.98. The number of aromatic nitrogens is 3. The number of rotatable bonds is 2. The number of aromatic hydroxyl groups is 1. The average Bonchev–Trinajstić information content (AvgIpc) is 2.97. The second-order valence-corrected chi connectivity index (χ2v) is 6.98. The van der Waals surface area contributed by atoms with Gasteiger partial charge in [-0.3, -0.25) is 0 Å². The van der Waals surface area contributed by atoms with Crippen LogP contribution in [0.25, 0.3) is 32.9 Å². The molecule has 0 saturated heterocycles. The van der Waals surface area contributed by atoms with Gasteiger partial charge < -0.3 is 15.4 Å². The lowest BCUT2D eigenvalue weighted by Crippen LogP contribution is -2.15. The van der Waals surface area contributed by atoms with E-state index in [1.165, 1.54) is 6.42 Å². The Hall–Kier alpha value is -3.59. The number of nitrogen functional groups attached to an aromatic ring is 1. The first-order chi connectivity index (χ1) is 13.2. The fourth-order valence-corrected chi connectivity index (χ4v) is 3.78. The third-order valence-electron chi connectivity index (χ3n) is 5.47. The highest BCUT2D eigenvalue weighted by atomic mass is 16.3. The van der Waals surface area contributed by atoms with Gasteiger partial charge in [0.05, 0.1) is 22.1 Å². The van der Waals surface area contributed by atoms with Gasteiger partial charge in [0, 0.05) is 34.9 Å². The van der Waals surface area contributed by atoms with E-state index in [9.17, 15) is 5.11 Å². The maximum atomic E-state index is 10.7. The molecule has 3 aromatic heterocycles. The van der Waals surface area contributed by atoms with Crippen molar-refractivity contribution < 1.29 is 5.11 Å². The molecule has 0 aliphatic heterocycles. The molecule has 0 bridgehead atoms. The first kappa shape index (κ1) is 15.6. The zero-order chi connectivity index (χ0) is 18.5. The summed E-state index contributed by atoms with van der Waals surface area (Å²) < 4.78 is 1.90. The van der Waals surface area contributed by atoms with Crippen molar-refractivity contribution in [2.75, 3.05) is 5.73 Å². The Morgan fingerprint density at radius 2 is 2.07 bits per heavy atom. The smallest absolute Gasteiger partial charge is 0.203 e. The minimum Gasteiger partial charge on any atom is -0.494 e. The molecule has 4 aromatic rings. The number of fused-ring (bicyclic) bond motifs is 2. The highest BCUT2D eigenvalue weighted by molar-refractivity contribution is 6.12. The molecule has 0 radical (unpaired) electrons. The summed E-state index contributed by atoms with van der Waals surface area (Å²) in [5.74, 6) is 0.201. The summed E-state index contributed by atoms with van der Waals surface area (Å²) in [4.78, 5) is 8.99. The van der Waals surface area contributed by atoms with Gasteiger partial charge in [-0.1, -0.05) is 18.2 Å². The molecule has 1 aliphatic rings. The molecule has 0 unspecified atom stereocenters. The van der Waals surface area contributed by atoms with Gasteiger partial charge in [0.1, 0.15) is 11.8 Å². The van der Waals surface area contributed by atoms with Crippen LogP contribution >= 0.6 is 0 Å². The molecule has 1 aromatic carbocycles. The fourth-order valence-electron chi connectivity index (χ4n) is 3.78. The van der Waals surface area contributed by atoms with Crippen LogP contribution in [-0.2, 0) is 0 Å². The summed E-state index contributed by atoms with van der Waals surface area (Å²) in [5.41, 5.74) is 10.6. The Bertz CT molecular complexity index is 1230. The number of pyridine rings is 2. The van der Waals surface area contributed by atoms with E-state index in [1.54, 1.807) is 12.3 Å². The number of hydrogen-bond donors (Lipinski definition) is 2. The van der Waals surface area contributed by atoms with Gasteiger partial charge >= 0.3 is 0 Å². The van der Waals surface area contributed by atoms with Crippen LogP contribution in [-0.4, -0.2) is 19.6 Å². The Morgan fingerprint density at radius 1 is 1.22 bits per heavy atom. The summed E-state index contributed by atoms with van der Waals surface area (Å²) in [7, 11) is 0. The summed E-state index contributed by atoms with van der Waals surface area (Å²) >= 11 is 0. The first-order valence-electron chi connectivity index (χ1n) is 8.95. The lowest BCUT2D eigenvalue weighted by molar-refractivity contribution is 0.283. The van der Waals surface area contributed by atoms with Crippen molar-refractivity contribution in [3.8, 4) is 23.1 Å². The highest BCUT2D eigenvalue weighted by Crippen LogP contribution is 2.43. The molecule has 5 rings (SSSR count). The van der Waals surface area contributed by atoms with Crippen LogP contribution in [0.3, 0.4) is 0 Å². The minimum atomic E-state index is 0.201. The van der Waals surface area contributed by atoms with Crippen molar-refractivity contribution in [1.82, 2.24) is 14.5 Å². The van der Waals surface area contributed by atoms with Crippen molar-refractivity contribution in [2.24, 2.45) is 0 Å². The summed E-state index contributed by atoms with van der Waals surface area (Å²) in [6.07, 6.45) is 6.89. The van der Waals surface area contributed by atoms with Gasteiger partial charge in [0.2, 0.25) is 5.88 Å². The Kier molecular flexibility index (Phi) is 3.31. The zero-order valence-corrected chi connectivity index (χ0v) is 14.6. The topological polar surface area (TPSA) is 101 Å². The third-order valence-corrected chi connectivity index (χ3v) is 5.47. The highest BCUT2D eigenvalue weighted by Gasteiger charge is 2.25. The Morgan fingerprint density at radius 3 is 2.74 bits per heavy atom. The van der Waals surface area contributed by atoms with E-state index in [0.717, 1.165) is 34.9 Å². The van der Waals surface area contributed by atoms with Gasteiger partial charge in [-0.25, -0.2) is 9.97 Å². The summed E-state index contributed by atoms with van der Waals surface area (Å²) in [6, 6.07) is 11.7. The molecule has 0 atom stereocenters. The van der Waals surface area contributed by atoms with E-state index in [0.29, 0.717) is 28.3 Å². The van der Waals surface area contributed by atoms with Gasteiger partial charge in [0.25, 0.3) is 0 Å². The van der Waals surface area contributed by atoms with Crippen molar-refractivity contribution in [3.05, 3.63) is 48.4 Å². The predicted octanol–water partition coefficient (Wildman–Crippen LogP) is 4.14. The lowest BCUT2D eigenvalue weighted by atomic mass is 9.93. The zero-order valence-electron chi connectivity index (χ0n) is 14.6. The van der Waals surface area contributed by atoms with Crippen LogP contribution < -0.4 is 5.73 Å². The van der Waals surface area contributed by atoms with E-state index in [4.69, 9.17) is 16.0 Å². The number of nitriles is 1. The predicted molar refractivity (Wildman–Crippen MR) is 104 cm³/mol. The number of benzene rings is 1. The van der Waals surface area contributed by atoms with Gasteiger partial charge in [-0.05, 0) is 31.4 Å². The minimum absolute atomic E-state index is 0.201. The number of hydrogen-bond acceptors (Lipinski definition) is 5. The fraction of sp³-hybridized carbons (Fsp3) is 0.190. The van der Waals surface area contributed by atoms with Crippen molar-refractivity contribution in [2.45, 2.75) is 25.3 Å². The number of nitrogens with two attached hydrogens (primary N) is 1. The standard InChI is InChI=1S/C21H17N5O/c22-9-13-8-7-12(10-24-13)15-5-2-6-16-19(23)18-17(25-20(15)16)11-26(21(18)27)14-3-1-4-14/h2,5-8,10-11,14,27H,1,3-4,23H2. The first-order valence-corrected chi connectivity index (χ1v) is 8.95. The molecule has 0 spiro atoms. The summed E-state index contributed by atoms with van der Waals surface area (Å²) in [5, 5.41) is 21.1. The quantitative estimate of drug-likeness (QED) is 0.563. The van der Waals surface area contributed by atoms with Crippen LogP contribution in [0.1, 0.15) is 31.0 Å². The molecule has 1 fully saturated rings. The molecule has 27 heavy (non-hydrogen) atoms. The Labute approximate surface area is 155 Å². The van der Waals surface area contributed by atoms with Crippen LogP contribution in [0.15, 0.2) is 42.7 Å². The molecule has 1 saturated carbocycles. The van der Waals surface area contributed by atoms with Gasteiger partial charge in [-0.15, -0.1) is 0 Å². The van der Waals surface area contributed by atoms with Crippen LogP contribution in [0.4, 0.5) is 5.69 Å². The van der Waals surface area contributed by atoms with E-state index in [-0.39, 0.29) is 5.88 Å². The molecule has 6 nitrogen and oxygen atoms in total. The molecule has 0 amide bonds. The van der Waals surface area contributed by atoms with Gasteiger partial charge in [0.15, 0.2) is 0 Å². The number of anilines is 1. The maximum absolute atomic E-state index is 10.7. The molecular weight excluding hydrogens is 338 g/mol. The summed E-state index contributed by atoms with van der Waals surface area (Å²) in [6.45, 7) is 0. The maximum Gasteiger partial charge on any atom is 0.203 e.